The molecule has 2 aromatic rings. The molecule has 4 aliphatic heterocycles. The van der Waals surface area contributed by atoms with Gasteiger partial charge >= 0.3 is 7.82 Å². The van der Waals surface area contributed by atoms with E-state index in [9.17, 15) is 24.3 Å². The van der Waals surface area contributed by atoms with Gasteiger partial charge in [-0.2, -0.15) is 10.1 Å². The molecule has 4 fully saturated rings. The molecule has 0 radical (unpaired) electrons. The number of hydrogen-bond acceptors (Lipinski definition) is 11. The Labute approximate surface area is 337 Å². The van der Waals surface area contributed by atoms with Gasteiger partial charge in [0, 0.05) is 41.5 Å². The maximum atomic E-state index is 15.4. The van der Waals surface area contributed by atoms with Gasteiger partial charge in [-0.1, -0.05) is 29.4 Å². The monoisotopic (exact) mass is 817 g/mol. The van der Waals surface area contributed by atoms with Gasteiger partial charge in [0.05, 0.1) is 35.1 Å². The lowest BCUT2D eigenvalue weighted by Crippen LogP contribution is -2.75. The van der Waals surface area contributed by atoms with Gasteiger partial charge < -0.3 is 34.5 Å². The Morgan fingerprint density at radius 3 is 2.53 bits per heavy atom. The van der Waals surface area contributed by atoms with Crippen molar-refractivity contribution in [1.82, 2.24) is 20.1 Å². The molecule has 16 heteroatoms. The minimum absolute atomic E-state index is 0.0224. The van der Waals surface area contributed by atoms with Crippen LogP contribution in [0.3, 0.4) is 0 Å². The zero-order valence-corrected chi connectivity index (χ0v) is 35.0. The molecule has 6 atom stereocenters. The van der Waals surface area contributed by atoms with Crippen molar-refractivity contribution in [3.63, 3.8) is 0 Å². The van der Waals surface area contributed by atoms with E-state index in [0.29, 0.717) is 58.9 Å². The van der Waals surface area contributed by atoms with Gasteiger partial charge in [0.1, 0.15) is 23.4 Å². The summed E-state index contributed by atoms with van der Waals surface area (Å²) in [5, 5.41) is 20.1. The van der Waals surface area contributed by atoms with Crippen molar-refractivity contribution in [2.24, 2.45) is 11.8 Å². The van der Waals surface area contributed by atoms with Crippen LogP contribution in [0, 0.1) is 11.8 Å². The average molecular weight is 818 g/mol. The number of benzene rings is 1. The maximum absolute atomic E-state index is 15.4. The molecule has 15 nitrogen and oxygen atoms in total. The van der Waals surface area contributed by atoms with Crippen LogP contribution in [-0.2, 0) is 25.3 Å². The van der Waals surface area contributed by atoms with E-state index in [0.717, 1.165) is 12.0 Å². The quantitative estimate of drug-likeness (QED) is 0.0965. The summed E-state index contributed by atoms with van der Waals surface area (Å²) in [5.41, 5.74) is -0.0614. The van der Waals surface area contributed by atoms with E-state index in [4.69, 9.17) is 18.7 Å². The van der Waals surface area contributed by atoms with Crippen molar-refractivity contribution in [2.75, 3.05) is 18.5 Å². The van der Waals surface area contributed by atoms with Crippen molar-refractivity contribution >= 4 is 37.2 Å². The number of fused-ring (bicyclic) bond motifs is 4. The third kappa shape index (κ3) is 6.03. The Bertz CT molecular complexity index is 2330. The molecule has 1 spiro atoms. The second kappa shape index (κ2) is 13.8. The molecule has 310 valence electrons. The molecular formula is C42H52N5O10P. The summed E-state index contributed by atoms with van der Waals surface area (Å²) >= 11 is 0. The number of allylic oxidation sites excluding steroid dienone is 4. The van der Waals surface area contributed by atoms with E-state index in [2.05, 4.69) is 26.8 Å². The molecule has 1 aromatic heterocycles. The first kappa shape index (κ1) is 40.3. The van der Waals surface area contributed by atoms with Gasteiger partial charge in [-0.15, -0.1) is 0 Å². The van der Waals surface area contributed by atoms with Gasteiger partial charge in [-0.05, 0) is 93.2 Å². The molecule has 58 heavy (non-hydrogen) atoms. The minimum atomic E-state index is -5.21. The number of aliphatic hydroxyl groups is 1. The van der Waals surface area contributed by atoms with Crippen molar-refractivity contribution < 1.29 is 47.8 Å². The number of rotatable bonds is 12. The number of phosphoric ester groups is 1. The number of ketones is 1. The number of nitrogens with zero attached hydrogens (tertiary/aromatic N) is 3. The van der Waals surface area contributed by atoms with Crippen LogP contribution in [0.5, 0.6) is 17.2 Å². The van der Waals surface area contributed by atoms with Crippen LogP contribution in [0.25, 0.3) is 11.8 Å². The molecule has 7 aliphatic rings. The van der Waals surface area contributed by atoms with Crippen LogP contribution in [0.4, 0.5) is 5.95 Å². The highest BCUT2D eigenvalue weighted by atomic mass is 31.2. The molecule has 4 bridgehead atoms. The molecule has 3 aliphatic carbocycles. The predicted molar refractivity (Wildman–Crippen MR) is 215 cm³/mol. The largest absolute Gasteiger partial charge is 0.524 e. The highest BCUT2D eigenvalue weighted by molar-refractivity contribution is 7.46. The summed E-state index contributed by atoms with van der Waals surface area (Å²) in [4.78, 5) is 54.0. The Hall–Kier alpha value is -4.53. The van der Waals surface area contributed by atoms with Crippen LogP contribution in [0.15, 0.2) is 52.9 Å². The second-order valence-electron chi connectivity index (χ2n) is 17.5. The summed E-state index contributed by atoms with van der Waals surface area (Å²) in [6.07, 6.45) is 13.0. The fourth-order valence-electron chi connectivity index (χ4n) is 10.1. The normalized spacial score (nSPS) is 29.3. The summed E-state index contributed by atoms with van der Waals surface area (Å²) in [6.45, 7) is 15.4. The summed E-state index contributed by atoms with van der Waals surface area (Å²) < 4.78 is 42.0. The summed E-state index contributed by atoms with van der Waals surface area (Å²) in [6, 6.07) is -0.681. The number of carbonyl (C=O) groups is 2. The smallest absolute Gasteiger partial charge is 0.482 e. The third-order valence-electron chi connectivity index (χ3n) is 12.5. The minimum Gasteiger partial charge on any atom is -0.482 e. The SMILES string of the molecule is CC(C)=CCCC1(C)C=Cc2c(c(CC=C(C)C)c3c(c2OP(=O)(O)O)C2=C4C(C5CC6C(C)(C)OC(C/C=C(/C)C(=O)NCCO)(C5=O)C46O3)n3ncnc3N2)O1. The number of hydrogen-bond donors (Lipinski definition) is 5. The van der Waals surface area contributed by atoms with E-state index < -0.39 is 54.0 Å². The predicted octanol–water partition coefficient (Wildman–Crippen LogP) is 5.89. The highest BCUT2D eigenvalue weighted by Gasteiger charge is 2.84. The number of aliphatic hydroxyl groups excluding tert-OH is 1. The Balaban J connectivity index is 1.44. The van der Waals surface area contributed by atoms with Crippen molar-refractivity contribution in [2.45, 2.75) is 116 Å². The zero-order chi connectivity index (χ0) is 41.7. The van der Waals surface area contributed by atoms with Crippen LogP contribution in [-0.4, -0.2) is 76.9 Å². The van der Waals surface area contributed by atoms with E-state index in [-0.39, 0.29) is 42.4 Å². The standard InChI is InChI=1S/C42H52N5O10P/c1-22(2)10-9-15-40(8)16-14-26-33(54-40)25(12-11-23(3)4)34-29(35(26)56-58(51,52)53)31-30-32(47-38(46-31)44-21-45-47)27-20-28-39(6,7)57-41(36(27)49,42(28,30)55-34)17-13-24(5)37(50)43-18-19-48/h10-11,13-14,16,21,27-28,32,48H,9,12,15,17-20H2,1-8H3,(H,43,50)(H,44,45,46)(H2,51,52,53)/b24-13-. The third-order valence-corrected chi connectivity index (χ3v) is 12.9. The van der Waals surface area contributed by atoms with Crippen LogP contribution >= 0.6 is 7.82 Å². The molecule has 1 saturated heterocycles. The first-order chi connectivity index (χ1) is 27.3. The van der Waals surface area contributed by atoms with Gasteiger partial charge in [-0.25, -0.2) is 9.25 Å². The number of anilines is 1. The van der Waals surface area contributed by atoms with Gasteiger partial charge in [0.15, 0.2) is 22.7 Å². The highest BCUT2D eigenvalue weighted by Crippen LogP contribution is 2.74. The number of carbonyl (C=O) groups excluding carboxylic acids is 2. The van der Waals surface area contributed by atoms with E-state index in [1.165, 1.54) is 11.9 Å². The number of amides is 1. The number of nitrogens with one attached hydrogen (secondary N) is 2. The van der Waals surface area contributed by atoms with Gasteiger partial charge in [0.25, 0.3) is 0 Å². The number of ether oxygens (including phenoxy) is 3. The van der Waals surface area contributed by atoms with Gasteiger partial charge in [-0.3, -0.25) is 19.4 Å². The Kier molecular flexibility index (Phi) is 9.56. The molecule has 9 rings (SSSR count). The number of aromatic nitrogens is 3. The van der Waals surface area contributed by atoms with E-state index in [1.807, 2.05) is 60.6 Å². The fourth-order valence-corrected chi connectivity index (χ4v) is 10.5. The lowest BCUT2D eigenvalue weighted by Gasteiger charge is -2.62. The van der Waals surface area contributed by atoms with Crippen molar-refractivity contribution in [3.8, 4) is 17.2 Å². The number of Topliss-reactive ketones (excluding diaryl/α,β-unsaturated/α-hetero) is 1. The molecule has 1 aromatic carbocycles. The fraction of sp³-hybridized carbons (Fsp3) is 0.524. The van der Waals surface area contributed by atoms with Gasteiger partial charge in [0.2, 0.25) is 11.9 Å². The van der Waals surface area contributed by atoms with Crippen molar-refractivity contribution in [1.29, 1.82) is 0 Å². The summed E-state index contributed by atoms with van der Waals surface area (Å²) in [7, 11) is -5.21. The molecular weight excluding hydrogens is 765 g/mol. The lowest BCUT2D eigenvalue weighted by molar-refractivity contribution is -0.181. The molecule has 5 N–H and O–H groups in total. The second-order valence-corrected chi connectivity index (χ2v) is 18.6. The Morgan fingerprint density at radius 2 is 1.84 bits per heavy atom. The summed E-state index contributed by atoms with van der Waals surface area (Å²) in [5.74, 6) is -0.848. The molecule has 5 heterocycles. The topological polar surface area (TPSA) is 204 Å². The maximum Gasteiger partial charge on any atom is 0.524 e. The molecule has 3 saturated carbocycles. The average Bonchev–Trinajstić information content (AvgIpc) is 3.66. The van der Waals surface area contributed by atoms with Crippen molar-refractivity contribution in [3.05, 3.63) is 69.6 Å². The first-order valence-corrected chi connectivity index (χ1v) is 21.3. The van der Waals surface area contributed by atoms with E-state index >= 15 is 4.79 Å². The van der Waals surface area contributed by atoms with Crippen LogP contribution < -0.4 is 24.6 Å². The molecule has 6 unspecified atom stereocenters. The van der Waals surface area contributed by atoms with Crippen LogP contribution in [0.2, 0.25) is 0 Å². The van der Waals surface area contributed by atoms with Crippen LogP contribution in [0.1, 0.15) is 104 Å². The zero-order valence-electron chi connectivity index (χ0n) is 34.1. The number of phosphoric acid groups is 1. The lowest BCUT2D eigenvalue weighted by atomic mass is 9.47. The first-order valence-electron chi connectivity index (χ1n) is 19.8. The Morgan fingerprint density at radius 1 is 1.10 bits per heavy atom. The van der Waals surface area contributed by atoms with E-state index in [1.54, 1.807) is 23.8 Å². The molecule has 1 amide bonds.